The highest BCUT2D eigenvalue weighted by Gasteiger charge is 2.22. The SMILES string of the molecule is Cc1cc(NC(=O)C(C)SCC(=O)NC(CC(C)C)C(=O)O)no1. The van der Waals surface area contributed by atoms with E-state index in [1.165, 1.54) is 0 Å². The van der Waals surface area contributed by atoms with Crippen LogP contribution in [-0.4, -0.2) is 45.1 Å². The molecule has 1 aromatic rings. The number of carboxylic acid groups (broad SMARTS) is 1. The standard InChI is InChI=1S/C15H23N3O5S/c1-8(2)5-11(15(21)22)16-13(19)7-24-10(4)14(20)17-12-6-9(3)23-18-12/h6,8,10-11H,5,7H2,1-4H3,(H,16,19)(H,21,22)(H,17,18,20). The summed E-state index contributed by atoms with van der Waals surface area (Å²) in [5.41, 5.74) is 0. The first kappa shape index (κ1) is 20.0. The lowest BCUT2D eigenvalue weighted by atomic mass is 10.0. The van der Waals surface area contributed by atoms with Gasteiger partial charge >= 0.3 is 5.97 Å². The number of thioether (sulfide) groups is 1. The van der Waals surface area contributed by atoms with Gasteiger partial charge in [0, 0.05) is 6.07 Å². The molecule has 2 unspecified atom stereocenters. The van der Waals surface area contributed by atoms with Crippen molar-refractivity contribution in [3.63, 3.8) is 0 Å². The van der Waals surface area contributed by atoms with Crippen molar-refractivity contribution in [1.29, 1.82) is 0 Å². The maximum absolute atomic E-state index is 12.0. The summed E-state index contributed by atoms with van der Waals surface area (Å²) < 4.78 is 4.85. The molecule has 24 heavy (non-hydrogen) atoms. The summed E-state index contributed by atoms with van der Waals surface area (Å²) in [6.45, 7) is 7.13. The third-order valence-corrected chi connectivity index (χ3v) is 4.20. The number of carboxylic acids is 1. The molecule has 0 bridgehead atoms. The van der Waals surface area contributed by atoms with Gasteiger partial charge in [-0.25, -0.2) is 4.79 Å². The fourth-order valence-corrected chi connectivity index (χ4v) is 2.55. The molecule has 9 heteroatoms. The quantitative estimate of drug-likeness (QED) is 0.614. The number of aryl methyl sites for hydroxylation is 1. The van der Waals surface area contributed by atoms with E-state index in [-0.39, 0.29) is 17.6 Å². The molecular weight excluding hydrogens is 334 g/mol. The molecule has 1 rings (SSSR count). The Morgan fingerprint density at radius 1 is 1.33 bits per heavy atom. The van der Waals surface area contributed by atoms with Crippen LogP contribution in [0, 0.1) is 12.8 Å². The zero-order valence-corrected chi connectivity index (χ0v) is 15.0. The molecule has 8 nitrogen and oxygen atoms in total. The van der Waals surface area contributed by atoms with Gasteiger partial charge in [0.05, 0.1) is 11.0 Å². The topological polar surface area (TPSA) is 122 Å². The van der Waals surface area contributed by atoms with Gasteiger partial charge in [-0.2, -0.15) is 0 Å². The summed E-state index contributed by atoms with van der Waals surface area (Å²) in [7, 11) is 0. The van der Waals surface area contributed by atoms with Gasteiger partial charge in [-0.15, -0.1) is 11.8 Å². The lowest BCUT2D eigenvalue weighted by Gasteiger charge is -2.17. The summed E-state index contributed by atoms with van der Waals surface area (Å²) in [5, 5.41) is 17.3. The molecule has 0 aromatic carbocycles. The van der Waals surface area contributed by atoms with Crippen LogP contribution >= 0.6 is 11.8 Å². The Bertz CT molecular complexity index is 587. The fraction of sp³-hybridized carbons (Fsp3) is 0.600. The van der Waals surface area contributed by atoms with Gasteiger partial charge in [-0.3, -0.25) is 9.59 Å². The average Bonchev–Trinajstić information content (AvgIpc) is 2.88. The van der Waals surface area contributed by atoms with Gasteiger partial charge in [-0.1, -0.05) is 19.0 Å². The van der Waals surface area contributed by atoms with E-state index in [1.54, 1.807) is 19.9 Å². The van der Waals surface area contributed by atoms with Gasteiger partial charge in [0.15, 0.2) is 5.82 Å². The maximum Gasteiger partial charge on any atom is 0.326 e. The summed E-state index contributed by atoms with van der Waals surface area (Å²) in [5.74, 6) is -0.743. The van der Waals surface area contributed by atoms with Crippen LogP contribution in [0.4, 0.5) is 5.82 Å². The largest absolute Gasteiger partial charge is 0.480 e. The van der Waals surface area contributed by atoms with Crippen LogP contribution in [0.25, 0.3) is 0 Å². The van der Waals surface area contributed by atoms with Crippen LogP contribution in [-0.2, 0) is 14.4 Å². The van der Waals surface area contributed by atoms with E-state index in [4.69, 9.17) is 9.63 Å². The van der Waals surface area contributed by atoms with E-state index in [9.17, 15) is 14.4 Å². The Hall–Kier alpha value is -2.03. The predicted molar refractivity (Wildman–Crippen MR) is 90.8 cm³/mol. The minimum atomic E-state index is -1.06. The number of hydrogen-bond acceptors (Lipinski definition) is 6. The van der Waals surface area contributed by atoms with Crippen LogP contribution in [0.3, 0.4) is 0 Å². The van der Waals surface area contributed by atoms with Crippen molar-refractivity contribution in [3.05, 3.63) is 11.8 Å². The zero-order valence-electron chi connectivity index (χ0n) is 14.2. The van der Waals surface area contributed by atoms with Crippen molar-refractivity contribution < 1.29 is 24.0 Å². The number of aromatic nitrogens is 1. The van der Waals surface area contributed by atoms with Crippen molar-refractivity contribution >= 4 is 35.4 Å². The number of aliphatic carboxylic acids is 1. The number of hydrogen-bond donors (Lipinski definition) is 3. The van der Waals surface area contributed by atoms with E-state index < -0.39 is 23.2 Å². The minimum absolute atomic E-state index is 0.00565. The molecule has 1 heterocycles. The zero-order chi connectivity index (χ0) is 18.3. The molecule has 0 aliphatic carbocycles. The van der Waals surface area contributed by atoms with E-state index in [0.717, 1.165) is 11.8 Å². The van der Waals surface area contributed by atoms with E-state index >= 15 is 0 Å². The number of amides is 2. The first-order chi connectivity index (χ1) is 11.2. The first-order valence-electron chi connectivity index (χ1n) is 7.57. The predicted octanol–water partition coefficient (Wildman–Crippen LogP) is 1.66. The molecule has 0 saturated carbocycles. The van der Waals surface area contributed by atoms with E-state index in [0.29, 0.717) is 18.0 Å². The van der Waals surface area contributed by atoms with E-state index in [1.807, 2.05) is 13.8 Å². The highest BCUT2D eigenvalue weighted by atomic mass is 32.2. The number of carbonyl (C=O) groups excluding carboxylic acids is 2. The summed E-state index contributed by atoms with van der Waals surface area (Å²) in [6, 6.07) is 0.672. The summed E-state index contributed by atoms with van der Waals surface area (Å²) in [4.78, 5) is 35.0. The molecule has 0 spiro atoms. The molecular formula is C15H23N3O5S. The van der Waals surface area contributed by atoms with Crippen LogP contribution in [0.5, 0.6) is 0 Å². The molecule has 3 N–H and O–H groups in total. The highest BCUT2D eigenvalue weighted by molar-refractivity contribution is 8.01. The average molecular weight is 357 g/mol. The number of nitrogens with zero attached hydrogens (tertiary/aromatic N) is 1. The molecule has 134 valence electrons. The van der Waals surface area contributed by atoms with Crippen LogP contribution in [0.1, 0.15) is 33.0 Å². The Balaban J connectivity index is 2.41. The van der Waals surface area contributed by atoms with Crippen molar-refractivity contribution in [2.45, 2.75) is 45.4 Å². The third-order valence-electron chi connectivity index (χ3n) is 3.05. The molecule has 1 aromatic heterocycles. The molecule has 2 amide bonds. The third kappa shape index (κ3) is 7.03. The summed E-state index contributed by atoms with van der Waals surface area (Å²) >= 11 is 1.12. The normalized spacial score (nSPS) is 13.4. The number of rotatable bonds is 9. The Labute approximate surface area is 144 Å². The Morgan fingerprint density at radius 3 is 2.50 bits per heavy atom. The highest BCUT2D eigenvalue weighted by Crippen LogP contribution is 2.14. The number of anilines is 1. The maximum atomic E-state index is 12.0. The van der Waals surface area contributed by atoms with Crippen molar-refractivity contribution in [2.75, 3.05) is 11.1 Å². The molecule has 0 aliphatic rings. The van der Waals surface area contributed by atoms with Gasteiger partial charge < -0.3 is 20.3 Å². The lowest BCUT2D eigenvalue weighted by Crippen LogP contribution is -2.42. The smallest absolute Gasteiger partial charge is 0.326 e. The molecule has 0 fully saturated rings. The van der Waals surface area contributed by atoms with E-state index in [2.05, 4.69) is 15.8 Å². The fourth-order valence-electron chi connectivity index (χ4n) is 1.86. The Kier molecular flexibility index (Phi) is 7.76. The Morgan fingerprint density at radius 2 is 2.00 bits per heavy atom. The first-order valence-corrected chi connectivity index (χ1v) is 8.61. The second kappa shape index (κ2) is 9.31. The molecule has 0 radical (unpaired) electrons. The molecule has 0 aliphatic heterocycles. The van der Waals surface area contributed by atoms with Crippen LogP contribution in [0.2, 0.25) is 0 Å². The number of nitrogens with one attached hydrogen (secondary N) is 2. The lowest BCUT2D eigenvalue weighted by molar-refractivity contribution is -0.141. The number of carbonyl (C=O) groups is 3. The van der Waals surface area contributed by atoms with Gasteiger partial charge in [0.2, 0.25) is 11.8 Å². The van der Waals surface area contributed by atoms with Crippen molar-refractivity contribution in [3.8, 4) is 0 Å². The molecule has 0 saturated heterocycles. The minimum Gasteiger partial charge on any atom is -0.480 e. The van der Waals surface area contributed by atoms with Gasteiger partial charge in [0.1, 0.15) is 11.8 Å². The van der Waals surface area contributed by atoms with Gasteiger partial charge in [-0.05, 0) is 26.2 Å². The van der Waals surface area contributed by atoms with Crippen molar-refractivity contribution in [1.82, 2.24) is 10.5 Å². The monoisotopic (exact) mass is 357 g/mol. The second-order valence-corrected chi connectivity index (χ2v) is 7.18. The van der Waals surface area contributed by atoms with Gasteiger partial charge in [0.25, 0.3) is 0 Å². The van der Waals surface area contributed by atoms with Crippen LogP contribution < -0.4 is 10.6 Å². The molecule has 2 atom stereocenters. The second-order valence-electron chi connectivity index (χ2n) is 5.85. The van der Waals surface area contributed by atoms with Crippen molar-refractivity contribution in [2.24, 2.45) is 5.92 Å². The van der Waals surface area contributed by atoms with Crippen LogP contribution in [0.15, 0.2) is 10.6 Å². The summed E-state index contributed by atoms with van der Waals surface area (Å²) in [6.07, 6.45) is 0.354.